The number of hydrogen-bond acceptors (Lipinski definition) is 5. The Bertz CT molecular complexity index is 561. The second kappa shape index (κ2) is 6.42. The molecule has 0 heterocycles. The van der Waals surface area contributed by atoms with Crippen LogP contribution in [0.15, 0.2) is 34.1 Å². The number of sulfone groups is 1. The Balaban J connectivity index is 2.59. The van der Waals surface area contributed by atoms with Crippen LogP contribution in [0.1, 0.15) is 13.3 Å². The molecular formula is C13H18N2O2S2. The van der Waals surface area contributed by atoms with Crippen LogP contribution in [0.4, 0.5) is 0 Å². The molecule has 0 aliphatic rings. The lowest BCUT2D eigenvalue weighted by molar-refractivity contribution is 0.480. The van der Waals surface area contributed by atoms with Crippen molar-refractivity contribution in [3.05, 3.63) is 24.3 Å². The molecule has 4 nitrogen and oxygen atoms in total. The lowest BCUT2D eigenvalue weighted by atomic mass is 10.0. The van der Waals surface area contributed by atoms with E-state index in [4.69, 9.17) is 5.26 Å². The van der Waals surface area contributed by atoms with Crippen LogP contribution in [0.25, 0.3) is 0 Å². The highest BCUT2D eigenvalue weighted by Gasteiger charge is 2.20. The summed E-state index contributed by atoms with van der Waals surface area (Å²) < 4.78 is 22.6. The molecule has 1 atom stereocenters. The SMILES string of the molecule is CNC(C)(C#N)CCSc1ccc(S(C)(=O)=O)cc1. The fourth-order valence-corrected chi connectivity index (χ4v) is 3.10. The van der Waals surface area contributed by atoms with Crippen molar-refractivity contribution in [3.63, 3.8) is 0 Å². The van der Waals surface area contributed by atoms with Crippen LogP contribution in [0, 0.1) is 11.3 Å². The minimum absolute atomic E-state index is 0.328. The van der Waals surface area contributed by atoms with Crippen molar-refractivity contribution < 1.29 is 8.42 Å². The molecule has 1 aromatic carbocycles. The molecule has 19 heavy (non-hydrogen) atoms. The number of nitrogens with zero attached hydrogens (tertiary/aromatic N) is 1. The highest BCUT2D eigenvalue weighted by molar-refractivity contribution is 7.99. The molecule has 0 bridgehead atoms. The number of benzene rings is 1. The molecule has 104 valence electrons. The number of nitrogens with one attached hydrogen (secondary N) is 1. The molecule has 0 aromatic heterocycles. The van der Waals surface area contributed by atoms with Crippen LogP contribution in [-0.4, -0.2) is 33.0 Å². The smallest absolute Gasteiger partial charge is 0.175 e. The monoisotopic (exact) mass is 298 g/mol. The molecule has 0 amide bonds. The Kier molecular flexibility index (Phi) is 5.41. The van der Waals surface area contributed by atoms with Gasteiger partial charge in [0.25, 0.3) is 0 Å². The summed E-state index contributed by atoms with van der Waals surface area (Å²) >= 11 is 1.61. The topological polar surface area (TPSA) is 70.0 Å². The molecule has 0 saturated heterocycles. The predicted molar refractivity (Wildman–Crippen MR) is 78.0 cm³/mol. The van der Waals surface area contributed by atoms with Gasteiger partial charge in [-0.3, -0.25) is 0 Å². The van der Waals surface area contributed by atoms with Gasteiger partial charge in [0, 0.05) is 16.9 Å². The van der Waals surface area contributed by atoms with Gasteiger partial charge >= 0.3 is 0 Å². The van der Waals surface area contributed by atoms with Crippen LogP contribution >= 0.6 is 11.8 Å². The summed E-state index contributed by atoms with van der Waals surface area (Å²) in [6.45, 7) is 1.86. The molecule has 6 heteroatoms. The zero-order valence-electron chi connectivity index (χ0n) is 11.3. The van der Waals surface area contributed by atoms with Gasteiger partial charge in [-0.2, -0.15) is 5.26 Å². The maximum Gasteiger partial charge on any atom is 0.175 e. The van der Waals surface area contributed by atoms with Gasteiger partial charge in [0.1, 0.15) is 5.54 Å². The summed E-state index contributed by atoms with van der Waals surface area (Å²) in [6, 6.07) is 9.05. The van der Waals surface area contributed by atoms with Gasteiger partial charge in [-0.25, -0.2) is 8.42 Å². The summed E-state index contributed by atoms with van der Waals surface area (Å²) in [7, 11) is -1.36. The predicted octanol–water partition coefficient (Wildman–Crippen LogP) is 2.07. The van der Waals surface area contributed by atoms with E-state index in [1.54, 1.807) is 43.1 Å². The Labute approximate surface area is 119 Å². The first-order chi connectivity index (χ1) is 8.80. The lowest BCUT2D eigenvalue weighted by Crippen LogP contribution is -2.38. The van der Waals surface area contributed by atoms with Crippen LogP contribution in [0.2, 0.25) is 0 Å². The molecule has 1 rings (SSSR count). The minimum Gasteiger partial charge on any atom is -0.303 e. The van der Waals surface area contributed by atoms with Gasteiger partial charge in [-0.1, -0.05) is 0 Å². The Hall–Kier alpha value is -1.03. The second-order valence-electron chi connectivity index (χ2n) is 4.54. The third-order valence-corrected chi connectivity index (χ3v) is 5.06. The molecule has 0 aliphatic carbocycles. The van der Waals surface area contributed by atoms with Crippen LogP contribution in [0.5, 0.6) is 0 Å². The van der Waals surface area contributed by atoms with Gasteiger partial charge < -0.3 is 5.32 Å². The Morgan fingerprint density at radius 1 is 1.37 bits per heavy atom. The number of nitriles is 1. The fraction of sp³-hybridized carbons (Fsp3) is 0.462. The second-order valence-corrected chi connectivity index (χ2v) is 7.72. The van der Waals surface area contributed by atoms with Crippen LogP contribution in [-0.2, 0) is 9.84 Å². The quantitative estimate of drug-likeness (QED) is 0.814. The van der Waals surface area contributed by atoms with Gasteiger partial charge in [-0.15, -0.1) is 11.8 Å². The van der Waals surface area contributed by atoms with Crippen LogP contribution < -0.4 is 5.32 Å². The van der Waals surface area contributed by atoms with Gasteiger partial charge in [0.15, 0.2) is 9.84 Å². The zero-order chi connectivity index (χ0) is 14.5. The maximum atomic E-state index is 11.3. The Morgan fingerprint density at radius 2 is 1.95 bits per heavy atom. The van der Waals surface area contributed by atoms with Crippen molar-refractivity contribution in [1.29, 1.82) is 5.26 Å². The van der Waals surface area contributed by atoms with Gasteiger partial charge in [-0.05, 0) is 44.7 Å². The summed E-state index contributed by atoms with van der Waals surface area (Å²) in [6.07, 6.45) is 1.92. The van der Waals surface area contributed by atoms with Crippen molar-refractivity contribution in [3.8, 4) is 6.07 Å². The highest BCUT2D eigenvalue weighted by atomic mass is 32.2. The molecule has 0 spiro atoms. The molecule has 0 aliphatic heterocycles. The molecule has 1 N–H and O–H groups in total. The van der Waals surface area contributed by atoms with E-state index in [-0.39, 0.29) is 0 Å². The summed E-state index contributed by atoms with van der Waals surface area (Å²) in [5.74, 6) is 0.795. The highest BCUT2D eigenvalue weighted by Crippen LogP contribution is 2.23. The van der Waals surface area contributed by atoms with E-state index < -0.39 is 15.4 Å². The van der Waals surface area contributed by atoms with E-state index in [0.29, 0.717) is 4.90 Å². The maximum absolute atomic E-state index is 11.3. The largest absolute Gasteiger partial charge is 0.303 e. The van der Waals surface area contributed by atoms with Gasteiger partial charge in [0.05, 0.1) is 11.0 Å². The first kappa shape index (κ1) is 16.0. The van der Waals surface area contributed by atoms with E-state index in [2.05, 4.69) is 11.4 Å². The molecule has 0 saturated carbocycles. The molecule has 0 fully saturated rings. The van der Waals surface area contributed by atoms with E-state index in [0.717, 1.165) is 17.1 Å². The standard InChI is InChI=1S/C13H18N2O2S2/c1-13(10-14,15-2)8-9-18-11-4-6-12(7-5-11)19(3,16)17/h4-7,15H,8-9H2,1-3H3. The summed E-state index contributed by atoms with van der Waals surface area (Å²) in [4.78, 5) is 1.33. The van der Waals surface area contributed by atoms with Crippen molar-refractivity contribution in [2.75, 3.05) is 19.1 Å². The molecular weight excluding hydrogens is 280 g/mol. The van der Waals surface area contributed by atoms with E-state index >= 15 is 0 Å². The lowest BCUT2D eigenvalue weighted by Gasteiger charge is -2.19. The average Bonchev–Trinajstić information content (AvgIpc) is 2.38. The van der Waals surface area contributed by atoms with Crippen molar-refractivity contribution in [2.24, 2.45) is 0 Å². The number of thioether (sulfide) groups is 1. The van der Waals surface area contributed by atoms with E-state index in [1.807, 2.05) is 6.92 Å². The first-order valence-corrected chi connectivity index (χ1v) is 8.71. The minimum atomic E-state index is -3.13. The fourth-order valence-electron chi connectivity index (χ4n) is 1.39. The summed E-state index contributed by atoms with van der Waals surface area (Å²) in [5.41, 5.74) is -0.514. The molecule has 0 radical (unpaired) electrons. The first-order valence-electron chi connectivity index (χ1n) is 5.84. The van der Waals surface area contributed by atoms with Crippen molar-refractivity contribution in [2.45, 2.75) is 28.7 Å². The molecule has 1 aromatic rings. The number of rotatable bonds is 6. The third-order valence-electron chi connectivity index (χ3n) is 2.92. The summed E-state index contributed by atoms with van der Waals surface area (Å²) in [5, 5.41) is 12.0. The van der Waals surface area contributed by atoms with Gasteiger partial charge in [0.2, 0.25) is 0 Å². The third kappa shape index (κ3) is 4.86. The van der Waals surface area contributed by atoms with Crippen LogP contribution in [0.3, 0.4) is 0 Å². The normalized spacial score (nSPS) is 14.6. The molecule has 1 unspecified atom stereocenters. The van der Waals surface area contributed by atoms with E-state index in [9.17, 15) is 8.42 Å². The Morgan fingerprint density at radius 3 is 2.37 bits per heavy atom. The van der Waals surface area contributed by atoms with Crippen molar-refractivity contribution >= 4 is 21.6 Å². The van der Waals surface area contributed by atoms with Crippen molar-refractivity contribution in [1.82, 2.24) is 5.32 Å². The average molecular weight is 298 g/mol. The number of hydrogen-bond donors (Lipinski definition) is 1. The zero-order valence-corrected chi connectivity index (χ0v) is 12.9. The van der Waals surface area contributed by atoms with E-state index in [1.165, 1.54) is 6.26 Å².